The Labute approximate surface area is 96.4 Å². The number of carboxylic acids is 1. The van der Waals surface area contributed by atoms with Gasteiger partial charge in [0.2, 0.25) is 0 Å². The molecule has 5 heteroatoms. The highest BCUT2D eigenvalue weighted by Gasteiger charge is 2.30. The van der Waals surface area contributed by atoms with E-state index in [0.29, 0.717) is 12.0 Å². The van der Waals surface area contributed by atoms with Crippen molar-refractivity contribution in [3.63, 3.8) is 0 Å². The Morgan fingerprint density at radius 1 is 1.41 bits per heavy atom. The number of hydrogen-bond donors (Lipinski definition) is 1. The highest BCUT2D eigenvalue weighted by atomic mass is 19.4. The molecule has 0 aliphatic heterocycles. The van der Waals surface area contributed by atoms with Crippen molar-refractivity contribution in [2.75, 3.05) is 0 Å². The predicted octanol–water partition coefficient (Wildman–Crippen LogP) is 3.58. The van der Waals surface area contributed by atoms with Crippen molar-refractivity contribution in [3.8, 4) is 0 Å². The van der Waals surface area contributed by atoms with Gasteiger partial charge in [0.05, 0.1) is 5.56 Å². The molecule has 0 radical (unpaired) electrons. The van der Waals surface area contributed by atoms with Crippen LogP contribution in [-0.2, 0) is 11.0 Å². The number of carboxylic acid groups (broad SMARTS) is 1. The Kier molecular flexibility index (Phi) is 3.93. The van der Waals surface area contributed by atoms with E-state index >= 15 is 0 Å². The molecule has 1 N–H and O–H groups in total. The van der Waals surface area contributed by atoms with Crippen LogP contribution >= 0.6 is 0 Å². The predicted molar refractivity (Wildman–Crippen MR) is 57.3 cm³/mol. The van der Waals surface area contributed by atoms with E-state index in [4.69, 9.17) is 5.11 Å². The molecule has 0 amide bonds. The molecule has 0 spiro atoms. The quantitative estimate of drug-likeness (QED) is 0.825. The third-order valence-electron chi connectivity index (χ3n) is 2.24. The van der Waals surface area contributed by atoms with Gasteiger partial charge in [-0.2, -0.15) is 13.2 Å². The average molecular weight is 244 g/mol. The van der Waals surface area contributed by atoms with E-state index in [1.807, 2.05) is 0 Å². The van der Waals surface area contributed by atoms with Gasteiger partial charge in [0.1, 0.15) is 0 Å². The normalized spacial score (nSPS) is 12.6. The smallest absolute Gasteiger partial charge is 0.416 e. The van der Waals surface area contributed by atoms with E-state index in [1.165, 1.54) is 12.1 Å². The van der Waals surface area contributed by atoms with Crippen LogP contribution < -0.4 is 0 Å². The van der Waals surface area contributed by atoms with Gasteiger partial charge in [0.25, 0.3) is 0 Å². The fourth-order valence-corrected chi connectivity index (χ4v) is 1.43. The Hall–Kier alpha value is -1.78. The number of benzene rings is 1. The molecule has 0 aliphatic rings. The number of rotatable bonds is 3. The zero-order valence-electron chi connectivity index (χ0n) is 9.08. The van der Waals surface area contributed by atoms with Crippen LogP contribution in [0, 0.1) is 0 Å². The van der Waals surface area contributed by atoms with Crippen LogP contribution in [0.15, 0.2) is 30.3 Å². The van der Waals surface area contributed by atoms with Crippen molar-refractivity contribution in [2.24, 2.45) is 0 Å². The van der Waals surface area contributed by atoms with E-state index in [1.54, 1.807) is 6.92 Å². The minimum absolute atomic E-state index is 0.282. The number of carbonyl (C=O) groups is 1. The molecule has 1 aromatic rings. The second-order valence-electron chi connectivity index (χ2n) is 3.44. The largest absolute Gasteiger partial charge is 0.478 e. The maximum Gasteiger partial charge on any atom is 0.416 e. The highest BCUT2D eigenvalue weighted by molar-refractivity contribution is 5.90. The molecule has 0 fully saturated rings. The highest BCUT2D eigenvalue weighted by Crippen LogP contribution is 2.31. The molecule has 1 aromatic carbocycles. The first kappa shape index (κ1) is 13.3. The molecule has 0 saturated carbocycles. The molecular formula is C12H11F3O2. The third-order valence-corrected chi connectivity index (χ3v) is 2.24. The summed E-state index contributed by atoms with van der Waals surface area (Å²) in [4.78, 5) is 10.5. The van der Waals surface area contributed by atoms with E-state index < -0.39 is 17.7 Å². The van der Waals surface area contributed by atoms with Gasteiger partial charge in [-0.05, 0) is 29.7 Å². The van der Waals surface area contributed by atoms with Crippen LogP contribution in [0.4, 0.5) is 13.2 Å². The standard InChI is InChI=1S/C12H11F3O2/c1-2-8(7-11(16)17)9-4-3-5-10(6-9)12(13,14)15/h3-7H,2H2,1H3,(H,16,17)/b8-7+. The molecular weight excluding hydrogens is 233 g/mol. The van der Waals surface area contributed by atoms with E-state index in [0.717, 1.165) is 18.2 Å². The summed E-state index contributed by atoms with van der Waals surface area (Å²) in [6.07, 6.45) is -3.14. The summed E-state index contributed by atoms with van der Waals surface area (Å²) in [5, 5.41) is 8.61. The summed E-state index contributed by atoms with van der Waals surface area (Å²) >= 11 is 0. The Morgan fingerprint density at radius 3 is 2.53 bits per heavy atom. The molecule has 0 saturated heterocycles. The van der Waals surface area contributed by atoms with Crippen LogP contribution in [-0.4, -0.2) is 11.1 Å². The topological polar surface area (TPSA) is 37.3 Å². The van der Waals surface area contributed by atoms with Gasteiger partial charge in [-0.1, -0.05) is 19.1 Å². The minimum Gasteiger partial charge on any atom is -0.478 e. The number of aliphatic carboxylic acids is 1. The van der Waals surface area contributed by atoms with Crippen LogP contribution in [0.5, 0.6) is 0 Å². The van der Waals surface area contributed by atoms with Gasteiger partial charge < -0.3 is 5.11 Å². The number of allylic oxidation sites excluding steroid dienone is 1. The van der Waals surface area contributed by atoms with Gasteiger partial charge >= 0.3 is 12.1 Å². The first-order chi connectivity index (χ1) is 7.84. The zero-order valence-corrected chi connectivity index (χ0v) is 9.08. The molecule has 1 rings (SSSR count). The van der Waals surface area contributed by atoms with E-state index in [-0.39, 0.29) is 5.56 Å². The van der Waals surface area contributed by atoms with Gasteiger partial charge in [0, 0.05) is 6.08 Å². The van der Waals surface area contributed by atoms with Crippen molar-refractivity contribution in [2.45, 2.75) is 19.5 Å². The van der Waals surface area contributed by atoms with Crippen LogP contribution in [0.3, 0.4) is 0 Å². The van der Waals surface area contributed by atoms with E-state index in [9.17, 15) is 18.0 Å². The first-order valence-electron chi connectivity index (χ1n) is 4.95. The molecule has 0 aliphatic carbocycles. The molecule has 2 nitrogen and oxygen atoms in total. The summed E-state index contributed by atoms with van der Waals surface area (Å²) in [5.41, 5.74) is -0.131. The van der Waals surface area contributed by atoms with Crippen LogP contribution in [0.25, 0.3) is 5.57 Å². The van der Waals surface area contributed by atoms with Gasteiger partial charge in [-0.3, -0.25) is 0 Å². The Bertz CT molecular complexity index is 447. The van der Waals surface area contributed by atoms with Crippen LogP contribution in [0.2, 0.25) is 0 Å². The van der Waals surface area contributed by atoms with Crippen molar-refractivity contribution >= 4 is 11.5 Å². The Balaban J connectivity index is 3.19. The first-order valence-corrected chi connectivity index (χ1v) is 4.95. The van der Waals surface area contributed by atoms with Crippen LogP contribution in [0.1, 0.15) is 24.5 Å². The maximum absolute atomic E-state index is 12.5. The molecule has 0 bridgehead atoms. The zero-order chi connectivity index (χ0) is 13.1. The van der Waals surface area contributed by atoms with Gasteiger partial charge in [-0.25, -0.2) is 4.79 Å². The fraction of sp³-hybridized carbons (Fsp3) is 0.250. The molecule has 0 aromatic heterocycles. The number of halogens is 3. The number of alkyl halides is 3. The van der Waals surface area contributed by atoms with Crippen molar-refractivity contribution < 1.29 is 23.1 Å². The van der Waals surface area contributed by atoms with E-state index in [2.05, 4.69) is 0 Å². The summed E-state index contributed by atoms with van der Waals surface area (Å²) in [7, 11) is 0. The van der Waals surface area contributed by atoms with Crippen molar-refractivity contribution in [1.82, 2.24) is 0 Å². The molecule has 0 atom stereocenters. The number of hydrogen-bond acceptors (Lipinski definition) is 1. The second-order valence-corrected chi connectivity index (χ2v) is 3.44. The summed E-state index contributed by atoms with van der Waals surface area (Å²) < 4.78 is 37.4. The lowest BCUT2D eigenvalue weighted by atomic mass is 10.0. The summed E-state index contributed by atoms with van der Waals surface area (Å²) in [5.74, 6) is -1.17. The Morgan fingerprint density at radius 2 is 2.06 bits per heavy atom. The van der Waals surface area contributed by atoms with Crippen molar-refractivity contribution in [1.29, 1.82) is 0 Å². The SMILES string of the molecule is CC/C(=C\C(=O)O)c1cccc(C(F)(F)F)c1. The van der Waals surface area contributed by atoms with Gasteiger partial charge in [0.15, 0.2) is 0 Å². The average Bonchev–Trinajstić information content (AvgIpc) is 2.24. The molecule has 0 heterocycles. The molecule has 92 valence electrons. The van der Waals surface area contributed by atoms with Gasteiger partial charge in [-0.15, -0.1) is 0 Å². The third kappa shape index (κ3) is 3.62. The molecule has 0 unspecified atom stereocenters. The monoisotopic (exact) mass is 244 g/mol. The lowest BCUT2D eigenvalue weighted by molar-refractivity contribution is -0.137. The minimum atomic E-state index is -4.42. The summed E-state index contributed by atoms with van der Waals surface area (Å²) in [6, 6.07) is 4.65. The summed E-state index contributed by atoms with van der Waals surface area (Å²) in [6.45, 7) is 1.69. The maximum atomic E-state index is 12.5. The lowest BCUT2D eigenvalue weighted by Crippen LogP contribution is -2.05. The second kappa shape index (κ2) is 5.03. The molecule has 17 heavy (non-hydrogen) atoms. The van der Waals surface area contributed by atoms with Crippen molar-refractivity contribution in [3.05, 3.63) is 41.5 Å². The fourth-order valence-electron chi connectivity index (χ4n) is 1.43. The lowest BCUT2D eigenvalue weighted by Gasteiger charge is -2.09.